The van der Waals surface area contributed by atoms with Crippen LogP contribution in [0.3, 0.4) is 0 Å². The standard InChI is InChI=1S/C24H19O4P/c1-16-14-15-17-8-2-3-9-18(17)23(16)24(26)29(27,28)22-13-7-5-11-20(22)19-10-4-6-12-21(19)25/h2-15,25H,1H3,(H,27,28). The van der Waals surface area contributed by atoms with E-state index in [9.17, 15) is 19.4 Å². The fraction of sp³-hybridized carbons (Fsp3) is 0.0417. The van der Waals surface area contributed by atoms with Crippen molar-refractivity contribution in [3.63, 3.8) is 0 Å². The first-order chi connectivity index (χ1) is 13.9. The number of phenols is 1. The maximum atomic E-state index is 13.5. The molecule has 0 aromatic heterocycles. The van der Waals surface area contributed by atoms with Gasteiger partial charge in [0.1, 0.15) is 5.75 Å². The minimum absolute atomic E-state index is 0.0128. The highest BCUT2D eigenvalue weighted by Gasteiger charge is 2.36. The van der Waals surface area contributed by atoms with Gasteiger partial charge in [-0.25, -0.2) is 0 Å². The molecule has 4 nitrogen and oxygen atoms in total. The van der Waals surface area contributed by atoms with Gasteiger partial charge in [0.25, 0.3) is 12.9 Å². The lowest BCUT2D eigenvalue weighted by atomic mass is 10.0. The molecule has 0 heterocycles. The number of fused-ring (bicyclic) bond motifs is 1. The van der Waals surface area contributed by atoms with Crippen molar-refractivity contribution in [3.8, 4) is 16.9 Å². The number of aryl methyl sites for hydroxylation is 1. The first kappa shape index (κ1) is 19.1. The normalized spacial score (nSPS) is 13.2. The van der Waals surface area contributed by atoms with E-state index in [0.717, 1.165) is 5.39 Å². The van der Waals surface area contributed by atoms with Crippen LogP contribution in [0.2, 0.25) is 0 Å². The molecular formula is C24H19O4P. The molecule has 4 aromatic carbocycles. The SMILES string of the molecule is Cc1ccc2ccccc2c1C(=O)P(=O)(O)c1ccccc1-c1ccccc1O. The van der Waals surface area contributed by atoms with Crippen molar-refractivity contribution in [2.75, 3.05) is 0 Å². The van der Waals surface area contributed by atoms with Crippen LogP contribution in [0.4, 0.5) is 0 Å². The molecule has 4 aromatic rings. The number of carbonyl (C=O) groups excluding carboxylic acids is 1. The minimum atomic E-state index is -4.46. The maximum absolute atomic E-state index is 13.5. The summed E-state index contributed by atoms with van der Waals surface area (Å²) in [6.07, 6.45) is 0. The lowest BCUT2D eigenvalue weighted by Gasteiger charge is -2.18. The number of hydrogen-bond donors (Lipinski definition) is 2. The van der Waals surface area contributed by atoms with Crippen molar-refractivity contribution in [2.24, 2.45) is 0 Å². The quantitative estimate of drug-likeness (QED) is 0.457. The molecule has 0 fully saturated rings. The first-order valence-electron chi connectivity index (χ1n) is 9.15. The monoisotopic (exact) mass is 402 g/mol. The van der Waals surface area contributed by atoms with Crippen LogP contribution in [0.25, 0.3) is 21.9 Å². The Balaban J connectivity index is 1.93. The number of carbonyl (C=O) groups is 1. The number of rotatable bonds is 4. The van der Waals surface area contributed by atoms with Crippen LogP contribution < -0.4 is 5.30 Å². The molecule has 5 heteroatoms. The van der Waals surface area contributed by atoms with Crippen LogP contribution >= 0.6 is 7.37 Å². The molecule has 1 atom stereocenters. The lowest BCUT2D eigenvalue weighted by Crippen LogP contribution is -2.16. The average molecular weight is 402 g/mol. The number of phenolic OH excluding ortho intramolecular Hbond substituents is 1. The smallest absolute Gasteiger partial charge is 0.298 e. The Labute approximate surface area is 168 Å². The fourth-order valence-electron chi connectivity index (χ4n) is 3.59. The molecule has 0 radical (unpaired) electrons. The van der Waals surface area contributed by atoms with E-state index in [1.807, 2.05) is 18.2 Å². The van der Waals surface area contributed by atoms with Gasteiger partial charge in [0, 0.05) is 11.1 Å². The second kappa shape index (κ2) is 7.32. The number of aromatic hydroxyl groups is 1. The van der Waals surface area contributed by atoms with Gasteiger partial charge in [-0.15, -0.1) is 0 Å². The van der Waals surface area contributed by atoms with Crippen LogP contribution in [-0.4, -0.2) is 15.5 Å². The molecular weight excluding hydrogens is 383 g/mol. The zero-order valence-corrected chi connectivity index (χ0v) is 16.6. The summed E-state index contributed by atoms with van der Waals surface area (Å²) in [4.78, 5) is 24.4. The van der Waals surface area contributed by atoms with E-state index in [1.165, 1.54) is 12.1 Å². The van der Waals surface area contributed by atoms with E-state index in [1.54, 1.807) is 61.5 Å². The zero-order chi connectivity index (χ0) is 20.6. The van der Waals surface area contributed by atoms with Crippen LogP contribution in [0.1, 0.15) is 15.9 Å². The maximum Gasteiger partial charge on any atom is 0.298 e. The molecule has 0 saturated carbocycles. The molecule has 1 unspecified atom stereocenters. The number of benzene rings is 4. The second-order valence-corrected chi connectivity index (χ2v) is 8.93. The Morgan fingerprint density at radius 2 is 1.41 bits per heavy atom. The molecule has 0 aliphatic rings. The van der Waals surface area contributed by atoms with Crippen molar-refractivity contribution >= 4 is 29.0 Å². The van der Waals surface area contributed by atoms with Crippen LogP contribution in [0, 0.1) is 6.92 Å². The predicted octanol–water partition coefficient (Wildman–Crippen LogP) is 5.26. The van der Waals surface area contributed by atoms with Crippen LogP contribution in [-0.2, 0) is 4.57 Å². The van der Waals surface area contributed by atoms with E-state index in [2.05, 4.69) is 0 Å². The molecule has 4 rings (SSSR count). The van der Waals surface area contributed by atoms with Gasteiger partial charge in [0.2, 0.25) is 0 Å². The van der Waals surface area contributed by atoms with Crippen LogP contribution in [0.5, 0.6) is 5.75 Å². The zero-order valence-electron chi connectivity index (χ0n) is 15.7. The Bertz CT molecular complexity index is 1290. The summed E-state index contributed by atoms with van der Waals surface area (Å²) >= 11 is 0. The van der Waals surface area contributed by atoms with Gasteiger partial charge < -0.3 is 10.00 Å². The van der Waals surface area contributed by atoms with Gasteiger partial charge in [-0.05, 0) is 41.0 Å². The molecule has 144 valence electrons. The highest BCUT2D eigenvalue weighted by atomic mass is 31.2. The Hall–Kier alpha value is -3.20. The third kappa shape index (κ3) is 3.27. The average Bonchev–Trinajstić information content (AvgIpc) is 2.73. The summed E-state index contributed by atoms with van der Waals surface area (Å²) in [5.41, 5.74) is 0.848. The van der Waals surface area contributed by atoms with Crippen molar-refractivity contribution in [1.82, 2.24) is 0 Å². The first-order valence-corrected chi connectivity index (χ1v) is 10.8. The largest absolute Gasteiger partial charge is 0.507 e. The number of para-hydroxylation sites is 1. The molecule has 0 bridgehead atoms. The Morgan fingerprint density at radius 1 is 0.793 bits per heavy atom. The Morgan fingerprint density at radius 3 is 2.17 bits per heavy atom. The van der Waals surface area contributed by atoms with Gasteiger partial charge in [0.05, 0.1) is 5.30 Å². The summed E-state index contributed by atoms with van der Waals surface area (Å²) < 4.78 is 13.5. The van der Waals surface area contributed by atoms with Crippen molar-refractivity contribution in [3.05, 3.63) is 96.1 Å². The van der Waals surface area contributed by atoms with E-state index in [0.29, 0.717) is 22.1 Å². The molecule has 2 N–H and O–H groups in total. The lowest BCUT2D eigenvalue weighted by molar-refractivity contribution is 0.106. The summed E-state index contributed by atoms with van der Waals surface area (Å²) in [7, 11) is -4.46. The summed E-state index contributed by atoms with van der Waals surface area (Å²) in [5.74, 6) is -0.0197. The van der Waals surface area contributed by atoms with E-state index in [-0.39, 0.29) is 16.6 Å². The summed E-state index contributed by atoms with van der Waals surface area (Å²) in [6.45, 7) is 1.76. The highest BCUT2D eigenvalue weighted by molar-refractivity contribution is 7.83. The van der Waals surface area contributed by atoms with E-state index in [4.69, 9.17) is 0 Å². The second-order valence-electron chi connectivity index (χ2n) is 6.89. The molecule has 0 spiro atoms. The third-order valence-corrected chi connectivity index (χ3v) is 6.87. The predicted molar refractivity (Wildman–Crippen MR) is 116 cm³/mol. The highest BCUT2D eigenvalue weighted by Crippen LogP contribution is 2.48. The molecule has 0 aliphatic carbocycles. The number of hydrogen-bond acceptors (Lipinski definition) is 3. The van der Waals surface area contributed by atoms with Gasteiger partial charge in [-0.1, -0.05) is 72.8 Å². The molecule has 29 heavy (non-hydrogen) atoms. The van der Waals surface area contributed by atoms with Gasteiger partial charge in [-0.3, -0.25) is 9.36 Å². The van der Waals surface area contributed by atoms with Crippen molar-refractivity contribution in [1.29, 1.82) is 0 Å². The summed E-state index contributed by atoms with van der Waals surface area (Å²) in [6, 6.07) is 24.0. The molecule has 0 aliphatic heterocycles. The van der Waals surface area contributed by atoms with Crippen LogP contribution in [0.15, 0.2) is 84.9 Å². The van der Waals surface area contributed by atoms with Gasteiger partial charge >= 0.3 is 0 Å². The molecule has 0 saturated heterocycles. The topological polar surface area (TPSA) is 74.6 Å². The van der Waals surface area contributed by atoms with Gasteiger partial charge in [0.15, 0.2) is 0 Å². The minimum Gasteiger partial charge on any atom is -0.507 e. The van der Waals surface area contributed by atoms with Crippen molar-refractivity contribution < 1.29 is 19.4 Å². The van der Waals surface area contributed by atoms with Gasteiger partial charge in [-0.2, -0.15) is 0 Å². The van der Waals surface area contributed by atoms with E-state index >= 15 is 0 Å². The molecule has 0 amide bonds. The van der Waals surface area contributed by atoms with Crippen molar-refractivity contribution in [2.45, 2.75) is 6.92 Å². The third-order valence-electron chi connectivity index (χ3n) is 5.05. The Kier molecular flexibility index (Phi) is 4.83. The van der Waals surface area contributed by atoms with E-state index < -0.39 is 12.9 Å². The summed E-state index contributed by atoms with van der Waals surface area (Å²) in [5, 5.41) is 11.7. The fourth-order valence-corrected chi connectivity index (χ4v) is 5.22.